The van der Waals surface area contributed by atoms with Crippen molar-refractivity contribution in [1.82, 2.24) is 0 Å². The van der Waals surface area contributed by atoms with Crippen LogP contribution in [0.15, 0.2) is 0 Å². The van der Waals surface area contributed by atoms with E-state index in [4.69, 9.17) is 9.47 Å². The van der Waals surface area contributed by atoms with E-state index in [1.807, 2.05) is 0 Å². The summed E-state index contributed by atoms with van der Waals surface area (Å²) >= 11 is 0. The SMILES string of the molecule is CCCC1(CC)OCCCO1. The molecule has 2 nitrogen and oxygen atoms in total. The minimum absolute atomic E-state index is 0.229. The van der Waals surface area contributed by atoms with E-state index in [0.29, 0.717) is 0 Å². The van der Waals surface area contributed by atoms with Crippen LogP contribution in [0.5, 0.6) is 0 Å². The van der Waals surface area contributed by atoms with Gasteiger partial charge in [0.1, 0.15) is 0 Å². The first kappa shape index (κ1) is 9.01. The van der Waals surface area contributed by atoms with E-state index >= 15 is 0 Å². The summed E-state index contributed by atoms with van der Waals surface area (Å²) in [5.74, 6) is -0.229. The van der Waals surface area contributed by atoms with Gasteiger partial charge in [-0.25, -0.2) is 0 Å². The predicted molar refractivity (Wildman–Crippen MR) is 44.5 cm³/mol. The summed E-state index contributed by atoms with van der Waals surface area (Å²) in [6.07, 6.45) is 4.18. The molecule has 2 heteroatoms. The van der Waals surface area contributed by atoms with Crippen LogP contribution in [0.4, 0.5) is 0 Å². The first-order valence-corrected chi connectivity index (χ1v) is 4.61. The standard InChI is InChI=1S/C9H18O2/c1-3-6-9(4-2)10-7-5-8-11-9/h3-8H2,1-2H3. The molecule has 11 heavy (non-hydrogen) atoms. The summed E-state index contributed by atoms with van der Waals surface area (Å²) in [6, 6.07) is 0. The molecule has 0 saturated carbocycles. The van der Waals surface area contributed by atoms with Crippen molar-refractivity contribution in [2.45, 2.75) is 45.3 Å². The third-order valence-electron chi connectivity index (χ3n) is 2.19. The van der Waals surface area contributed by atoms with Crippen molar-refractivity contribution >= 4 is 0 Å². The highest BCUT2D eigenvalue weighted by atomic mass is 16.7. The molecule has 0 aromatic carbocycles. The second kappa shape index (κ2) is 4.07. The van der Waals surface area contributed by atoms with Crippen LogP contribution < -0.4 is 0 Å². The first-order valence-electron chi connectivity index (χ1n) is 4.61. The quantitative estimate of drug-likeness (QED) is 0.627. The van der Waals surface area contributed by atoms with Crippen molar-refractivity contribution in [3.8, 4) is 0 Å². The molecule has 0 aromatic heterocycles. The second-order valence-corrected chi connectivity index (χ2v) is 3.06. The summed E-state index contributed by atoms with van der Waals surface area (Å²) in [5, 5.41) is 0. The van der Waals surface area contributed by atoms with Crippen molar-refractivity contribution < 1.29 is 9.47 Å². The molecule has 1 saturated heterocycles. The third-order valence-corrected chi connectivity index (χ3v) is 2.19. The molecule has 1 heterocycles. The van der Waals surface area contributed by atoms with Gasteiger partial charge in [-0.05, 0) is 12.8 Å². The van der Waals surface area contributed by atoms with E-state index in [2.05, 4.69) is 13.8 Å². The Bertz CT molecular complexity index is 101. The second-order valence-electron chi connectivity index (χ2n) is 3.06. The number of rotatable bonds is 3. The zero-order chi connectivity index (χ0) is 8.16. The van der Waals surface area contributed by atoms with E-state index in [-0.39, 0.29) is 5.79 Å². The summed E-state index contributed by atoms with van der Waals surface area (Å²) in [7, 11) is 0. The summed E-state index contributed by atoms with van der Waals surface area (Å²) in [5.41, 5.74) is 0. The Morgan fingerprint density at radius 1 is 1.18 bits per heavy atom. The zero-order valence-corrected chi connectivity index (χ0v) is 7.56. The van der Waals surface area contributed by atoms with Crippen LogP contribution in [0.2, 0.25) is 0 Å². The molecule has 0 spiro atoms. The molecule has 0 bridgehead atoms. The fourth-order valence-electron chi connectivity index (χ4n) is 1.52. The largest absolute Gasteiger partial charge is 0.350 e. The Morgan fingerprint density at radius 2 is 1.82 bits per heavy atom. The predicted octanol–water partition coefficient (Wildman–Crippen LogP) is 2.33. The molecule has 66 valence electrons. The van der Waals surface area contributed by atoms with Gasteiger partial charge in [0, 0.05) is 6.42 Å². The molecule has 0 amide bonds. The lowest BCUT2D eigenvalue weighted by Crippen LogP contribution is -2.39. The van der Waals surface area contributed by atoms with Gasteiger partial charge in [0.05, 0.1) is 13.2 Å². The molecule has 0 N–H and O–H groups in total. The smallest absolute Gasteiger partial charge is 0.168 e. The molecular formula is C9H18O2. The molecule has 0 aromatic rings. The van der Waals surface area contributed by atoms with E-state index in [1.54, 1.807) is 0 Å². The van der Waals surface area contributed by atoms with Gasteiger partial charge in [-0.3, -0.25) is 0 Å². The van der Waals surface area contributed by atoms with Crippen LogP contribution in [0.1, 0.15) is 39.5 Å². The first-order chi connectivity index (χ1) is 5.33. The monoisotopic (exact) mass is 158 g/mol. The van der Waals surface area contributed by atoms with Crippen molar-refractivity contribution in [3.63, 3.8) is 0 Å². The van der Waals surface area contributed by atoms with Gasteiger partial charge in [-0.15, -0.1) is 0 Å². The highest BCUT2D eigenvalue weighted by Crippen LogP contribution is 2.27. The topological polar surface area (TPSA) is 18.5 Å². The van der Waals surface area contributed by atoms with Crippen LogP contribution in [0.3, 0.4) is 0 Å². The van der Waals surface area contributed by atoms with Crippen LogP contribution in [-0.2, 0) is 9.47 Å². The summed E-state index contributed by atoms with van der Waals surface area (Å²) in [4.78, 5) is 0. The van der Waals surface area contributed by atoms with Crippen LogP contribution in [0, 0.1) is 0 Å². The van der Waals surface area contributed by atoms with Gasteiger partial charge in [-0.2, -0.15) is 0 Å². The van der Waals surface area contributed by atoms with Crippen molar-refractivity contribution in [1.29, 1.82) is 0 Å². The normalized spacial score (nSPS) is 23.5. The van der Waals surface area contributed by atoms with Gasteiger partial charge < -0.3 is 9.47 Å². The van der Waals surface area contributed by atoms with Gasteiger partial charge in [0.25, 0.3) is 0 Å². The number of hydrogen-bond donors (Lipinski definition) is 0. The molecular weight excluding hydrogens is 140 g/mol. The molecule has 1 aliphatic rings. The fourth-order valence-corrected chi connectivity index (χ4v) is 1.52. The highest BCUT2D eigenvalue weighted by Gasteiger charge is 2.31. The van der Waals surface area contributed by atoms with Gasteiger partial charge in [-0.1, -0.05) is 20.3 Å². The fraction of sp³-hybridized carbons (Fsp3) is 1.00. The van der Waals surface area contributed by atoms with Crippen molar-refractivity contribution in [2.75, 3.05) is 13.2 Å². The Balaban J connectivity index is 2.42. The van der Waals surface area contributed by atoms with Gasteiger partial charge in [0.15, 0.2) is 5.79 Å². The molecule has 1 aliphatic heterocycles. The van der Waals surface area contributed by atoms with E-state index < -0.39 is 0 Å². The molecule has 0 atom stereocenters. The van der Waals surface area contributed by atoms with Crippen molar-refractivity contribution in [3.05, 3.63) is 0 Å². The van der Waals surface area contributed by atoms with Crippen LogP contribution >= 0.6 is 0 Å². The van der Waals surface area contributed by atoms with E-state index in [1.165, 1.54) is 0 Å². The highest BCUT2D eigenvalue weighted by molar-refractivity contribution is 4.70. The van der Waals surface area contributed by atoms with Crippen molar-refractivity contribution in [2.24, 2.45) is 0 Å². The van der Waals surface area contributed by atoms with Gasteiger partial charge in [0.2, 0.25) is 0 Å². The Kier molecular flexibility index (Phi) is 3.34. The number of ether oxygens (including phenoxy) is 2. The summed E-state index contributed by atoms with van der Waals surface area (Å²) < 4.78 is 11.3. The van der Waals surface area contributed by atoms with Crippen LogP contribution in [-0.4, -0.2) is 19.0 Å². The van der Waals surface area contributed by atoms with Gasteiger partial charge >= 0.3 is 0 Å². The van der Waals surface area contributed by atoms with E-state index in [9.17, 15) is 0 Å². The van der Waals surface area contributed by atoms with Crippen LogP contribution in [0.25, 0.3) is 0 Å². The third kappa shape index (κ3) is 2.17. The maximum atomic E-state index is 5.63. The maximum absolute atomic E-state index is 5.63. The lowest BCUT2D eigenvalue weighted by Gasteiger charge is -2.36. The maximum Gasteiger partial charge on any atom is 0.168 e. The zero-order valence-electron chi connectivity index (χ0n) is 7.56. The average Bonchev–Trinajstić information content (AvgIpc) is 2.07. The summed E-state index contributed by atoms with van der Waals surface area (Å²) in [6.45, 7) is 6.03. The molecule has 1 rings (SSSR count). The lowest BCUT2D eigenvalue weighted by molar-refractivity contribution is -0.271. The average molecular weight is 158 g/mol. The minimum atomic E-state index is -0.229. The van der Waals surface area contributed by atoms with E-state index in [0.717, 1.165) is 38.9 Å². The molecule has 0 aliphatic carbocycles. The Labute approximate surface area is 68.9 Å². The number of hydrogen-bond acceptors (Lipinski definition) is 2. The molecule has 0 radical (unpaired) electrons. The Hall–Kier alpha value is -0.0800. The minimum Gasteiger partial charge on any atom is -0.350 e. The Morgan fingerprint density at radius 3 is 2.27 bits per heavy atom. The molecule has 1 fully saturated rings. The molecule has 0 unspecified atom stereocenters. The lowest BCUT2D eigenvalue weighted by atomic mass is 10.1.